The fourth-order valence-corrected chi connectivity index (χ4v) is 5.00. The zero-order chi connectivity index (χ0) is 24.3. The van der Waals surface area contributed by atoms with Crippen LogP contribution in [-0.4, -0.2) is 50.2 Å². The Hall–Kier alpha value is -2.42. The Morgan fingerprint density at radius 3 is 1.24 bits per heavy atom. The number of hydrogen-bond donors (Lipinski definition) is 0. The molecule has 0 N–H and O–H groups in total. The molecule has 182 valence electrons. The molecule has 0 aromatic heterocycles. The van der Waals surface area contributed by atoms with Gasteiger partial charge in [0.1, 0.15) is 13.1 Å². The molecule has 3 aromatic rings. The van der Waals surface area contributed by atoms with Gasteiger partial charge in [-0.3, -0.25) is 0 Å². The van der Waals surface area contributed by atoms with Crippen molar-refractivity contribution < 1.29 is 8.97 Å². The van der Waals surface area contributed by atoms with E-state index in [1.165, 1.54) is 73.9 Å². The molecule has 0 spiro atoms. The quantitative estimate of drug-likeness (QED) is 0.182. The van der Waals surface area contributed by atoms with Gasteiger partial charge in [-0.1, -0.05) is 78.9 Å². The first-order valence-corrected chi connectivity index (χ1v) is 13.1. The van der Waals surface area contributed by atoms with Crippen molar-refractivity contribution in [3.8, 4) is 0 Å². The summed E-state index contributed by atoms with van der Waals surface area (Å²) in [5.74, 6) is 0. The van der Waals surface area contributed by atoms with Gasteiger partial charge in [0.25, 0.3) is 0 Å². The molecule has 0 radical (unpaired) electrons. The maximum absolute atomic E-state index is 2.45. The highest BCUT2D eigenvalue weighted by Crippen LogP contribution is 2.17. The smallest absolute Gasteiger partial charge is 0.104 e. The number of nitrogens with zero attached hydrogens (tertiary/aromatic N) is 2. The van der Waals surface area contributed by atoms with Gasteiger partial charge in [-0.05, 0) is 55.7 Å². The van der Waals surface area contributed by atoms with Crippen LogP contribution in [0.1, 0.15) is 47.9 Å². The summed E-state index contributed by atoms with van der Waals surface area (Å²) in [5.41, 5.74) is 5.85. The first-order valence-electron chi connectivity index (χ1n) is 13.1. The molecule has 0 atom stereocenters. The third-order valence-corrected chi connectivity index (χ3v) is 6.86. The summed E-state index contributed by atoms with van der Waals surface area (Å²) in [6, 6.07) is 31.1. The molecule has 2 heteroatoms. The van der Waals surface area contributed by atoms with Crippen LogP contribution in [0.25, 0.3) is 0 Å². The molecule has 0 saturated heterocycles. The lowest BCUT2D eigenvalue weighted by Crippen LogP contribution is -2.40. The maximum Gasteiger partial charge on any atom is 0.104 e. The predicted octanol–water partition coefficient (Wildman–Crippen LogP) is 6.89. The van der Waals surface area contributed by atoms with Gasteiger partial charge < -0.3 is 8.97 Å². The summed E-state index contributed by atoms with van der Waals surface area (Å²) < 4.78 is 2.10. The highest BCUT2D eigenvalue weighted by molar-refractivity contribution is 5.22. The summed E-state index contributed by atoms with van der Waals surface area (Å²) in [6.07, 6.45) is 7.45. The summed E-state index contributed by atoms with van der Waals surface area (Å²) in [7, 11) is 9.51. The SMILES string of the molecule is C[N+](C)(CCCCc1ccccc1)Cc1cccc(C[N+](C)(C)CCCCc2ccccc2)c1. The molecule has 0 heterocycles. The molecule has 0 amide bonds. The van der Waals surface area contributed by atoms with Crippen LogP contribution in [0.5, 0.6) is 0 Å². The number of hydrogen-bond acceptors (Lipinski definition) is 0. The Labute approximate surface area is 209 Å². The van der Waals surface area contributed by atoms with Crippen LogP contribution >= 0.6 is 0 Å². The lowest BCUT2D eigenvalue weighted by molar-refractivity contribution is -0.904. The summed E-state index contributed by atoms with van der Waals surface area (Å²) in [4.78, 5) is 0. The van der Waals surface area contributed by atoms with Crippen molar-refractivity contribution in [1.29, 1.82) is 0 Å². The number of unbranched alkanes of at least 4 members (excludes halogenated alkanes) is 2. The fourth-order valence-electron chi connectivity index (χ4n) is 5.00. The minimum absolute atomic E-state index is 1.05. The van der Waals surface area contributed by atoms with E-state index in [1.54, 1.807) is 0 Å². The van der Waals surface area contributed by atoms with Crippen molar-refractivity contribution in [3.63, 3.8) is 0 Å². The zero-order valence-corrected chi connectivity index (χ0v) is 22.0. The van der Waals surface area contributed by atoms with Crippen LogP contribution in [0, 0.1) is 0 Å². The number of rotatable bonds is 14. The van der Waals surface area contributed by atoms with Crippen molar-refractivity contribution in [1.82, 2.24) is 0 Å². The van der Waals surface area contributed by atoms with Gasteiger partial charge in [-0.25, -0.2) is 0 Å². The van der Waals surface area contributed by atoms with Crippen molar-refractivity contribution in [2.24, 2.45) is 0 Å². The standard InChI is InChI=1S/C32H46N2/c1-33(2,24-13-11-20-29-16-7-5-8-17-29)27-31-22-15-23-32(26-31)28-34(3,4)25-14-12-21-30-18-9-6-10-19-30/h5-10,15-19,22-23,26H,11-14,20-21,24-25,27-28H2,1-4H3/q+2. The average molecular weight is 459 g/mol. The molecule has 34 heavy (non-hydrogen) atoms. The van der Waals surface area contributed by atoms with Gasteiger partial charge in [0.15, 0.2) is 0 Å². The van der Waals surface area contributed by atoms with Gasteiger partial charge >= 0.3 is 0 Å². The van der Waals surface area contributed by atoms with Gasteiger partial charge in [-0.15, -0.1) is 0 Å². The van der Waals surface area contributed by atoms with E-state index in [0.29, 0.717) is 0 Å². The van der Waals surface area contributed by atoms with E-state index in [9.17, 15) is 0 Å². The van der Waals surface area contributed by atoms with Crippen LogP contribution in [0.3, 0.4) is 0 Å². The highest BCUT2D eigenvalue weighted by atomic mass is 15.3. The van der Waals surface area contributed by atoms with Crippen LogP contribution in [0.2, 0.25) is 0 Å². The second-order valence-electron chi connectivity index (χ2n) is 11.3. The molecule has 0 aliphatic rings. The molecule has 3 rings (SSSR count). The molecule has 3 aromatic carbocycles. The van der Waals surface area contributed by atoms with E-state index >= 15 is 0 Å². The molecule has 0 fully saturated rings. The first kappa shape index (κ1) is 26.2. The predicted molar refractivity (Wildman–Crippen MR) is 147 cm³/mol. The van der Waals surface area contributed by atoms with Crippen molar-refractivity contribution in [2.45, 2.75) is 51.6 Å². The summed E-state index contributed by atoms with van der Waals surface area (Å²) >= 11 is 0. The van der Waals surface area contributed by atoms with Crippen LogP contribution in [-0.2, 0) is 25.9 Å². The van der Waals surface area contributed by atoms with Gasteiger partial charge in [0.2, 0.25) is 0 Å². The Balaban J connectivity index is 1.42. The van der Waals surface area contributed by atoms with E-state index < -0.39 is 0 Å². The topological polar surface area (TPSA) is 0 Å². The van der Waals surface area contributed by atoms with Gasteiger partial charge in [-0.2, -0.15) is 0 Å². The average Bonchev–Trinajstić information content (AvgIpc) is 2.81. The summed E-state index contributed by atoms with van der Waals surface area (Å²) in [5, 5.41) is 0. The Morgan fingerprint density at radius 2 is 0.824 bits per heavy atom. The second kappa shape index (κ2) is 12.9. The third kappa shape index (κ3) is 9.83. The van der Waals surface area contributed by atoms with E-state index in [4.69, 9.17) is 0 Å². The number of benzene rings is 3. The maximum atomic E-state index is 2.45. The molecule has 0 aliphatic heterocycles. The molecular formula is C32H46N2+2. The number of aryl methyl sites for hydroxylation is 2. The van der Waals surface area contributed by atoms with E-state index in [1.807, 2.05) is 0 Å². The van der Waals surface area contributed by atoms with E-state index in [0.717, 1.165) is 22.1 Å². The van der Waals surface area contributed by atoms with Gasteiger partial charge in [0.05, 0.1) is 41.3 Å². The lowest BCUT2D eigenvalue weighted by Gasteiger charge is -2.31. The molecule has 2 nitrogen and oxygen atoms in total. The van der Waals surface area contributed by atoms with Gasteiger partial charge in [0, 0.05) is 11.1 Å². The first-order chi connectivity index (χ1) is 16.3. The third-order valence-electron chi connectivity index (χ3n) is 6.86. The van der Waals surface area contributed by atoms with Crippen molar-refractivity contribution in [2.75, 3.05) is 41.3 Å². The molecule has 0 aliphatic carbocycles. The lowest BCUT2D eigenvalue weighted by atomic mass is 10.1. The minimum Gasteiger partial charge on any atom is -0.325 e. The Kier molecular flexibility index (Phi) is 9.92. The summed E-state index contributed by atoms with van der Waals surface area (Å²) in [6.45, 7) is 4.65. The van der Waals surface area contributed by atoms with Crippen LogP contribution in [0.15, 0.2) is 84.9 Å². The molecule has 0 unspecified atom stereocenters. The highest BCUT2D eigenvalue weighted by Gasteiger charge is 2.18. The molecule has 0 saturated carbocycles. The van der Waals surface area contributed by atoms with Crippen LogP contribution < -0.4 is 0 Å². The zero-order valence-electron chi connectivity index (χ0n) is 22.0. The number of quaternary nitrogens is 2. The monoisotopic (exact) mass is 458 g/mol. The normalized spacial score (nSPS) is 12.1. The molecule has 0 bridgehead atoms. The van der Waals surface area contributed by atoms with Crippen molar-refractivity contribution >= 4 is 0 Å². The van der Waals surface area contributed by atoms with Crippen LogP contribution in [0.4, 0.5) is 0 Å². The van der Waals surface area contributed by atoms with E-state index in [2.05, 4.69) is 113 Å². The fraction of sp³-hybridized carbons (Fsp3) is 0.438. The van der Waals surface area contributed by atoms with Crippen molar-refractivity contribution in [3.05, 3.63) is 107 Å². The largest absolute Gasteiger partial charge is 0.325 e. The molecular weight excluding hydrogens is 412 g/mol. The Morgan fingerprint density at radius 1 is 0.441 bits per heavy atom. The minimum atomic E-state index is 1.05. The second-order valence-corrected chi connectivity index (χ2v) is 11.3. The Bertz CT molecular complexity index is 884. The van der Waals surface area contributed by atoms with E-state index in [-0.39, 0.29) is 0 Å².